The maximum absolute atomic E-state index is 14.5. The van der Waals surface area contributed by atoms with Gasteiger partial charge in [0, 0.05) is 19.6 Å². The molecule has 0 saturated carbocycles. The Morgan fingerprint density at radius 1 is 1.15 bits per heavy atom. The van der Waals surface area contributed by atoms with Crippen LogP contribution in [0.2, 0.25) is 5.02 Å². The second-order valence-electron chi connectivity index (χ2n) is 6.79. The monoisotopic (exact) mass is 400 g/mol. The first-order valence-corrected chi connectivity index (χ1v) is 8.35. The molecule has 2 aromatic rings. The van der Waals surface area contributed by atoms with Crippen LogP contribution in [0, 0.1) is 10.6 Å². The smallest absolute Gasteiger partial charge is 0.338 e. The van der Waals surface area contributed by atoms with E-state index in [1.807, 2.05) is 0 Å². The molecule has 2 rings (SSSR count). The molecule has 0 aliphatic rings. The Morgan fingerprint density at radius 3 is 2.12 bits per heavy atom. The number of halogens is 2. The number of nitrogens with zero attached hydrogens (tertiary/aromatic N) is 3. The van der Waals surface area contributed by atoms with Crippen LogP contribution in [0.5, 0.6) is 0 Å². The number of nitrogens with one attached hydrogen (secondary N) is 1. The van der Waals surface area contributed by atoms with Crippen molar-refractivity contribution in [3.05, 3.63) is 54.3 Å². The Morgan fingerprint density at radius 2 is 1.65 bits per heavy atom. The summed E-state index contributed by atoms with van der Waals surface area (Å²) < 4.78 is 17.1. The first-order chi connectivity index (χ1) is 11.8. The van der Waals surface area contributed by atoms with Crippen LogP contribution in [0.25, 0.3) is 5.69 Å². The van der Waals surface area contributed by atoms with Crippen molar-refractivity contribution in [2.75, 3.05) is 0 Å². The average molecular weight is 401 g/mol. The Kier molecular flexibility index (Phi) is 5.25. The second kappa shape index (κ2) is 6.81. The van der Waals surface area contributed by atoms with Gasteiger partial charge in [0.25, 0.3) is 5.91 Å². The van der Waals surface area contributed by atoms with Gasteiger partial charge in [-0.15, -0.1) is 0 Å². The molecule has 1 heterocycles. The summed E-state index contributed by atoms with van der Waals surface area (Å²) in [6.07, 6.45) is 0. The molecule has 1 aromatic heterocycles. The van der Waals surface area contributed by atoms with E-state index < -0.39 is 28.6 Å². The van der Waals surface area contributed by atoms with Gasteiger partial charge >= 0.3 is 11.4 Å². The summed E-state index contributed by atoms with van der Waals surface area (Å²) in [7, 11) is 2.73. The topological polar surface area (TPSA) is 78.0 Å². The van der Waals surface area contributed by atoms with Crippen molar-refractivity contribution in [1.82, 2.24) is 19.0 Å². The van der Waals surface area contributed by atoms with E-state index in [9.17, 15) is 18.8 Å². The van der Waals surface area contributed by atoms with E-state index in [4.69, 9.17) is 23.8 Å². The number of benzene rings is 1. The molecule has 1 N–H and O–H groups in total. The van der Waals surface area contributed by atoms with Crippen molar-refractivity contribution in [2.24, 2.45) is 14.1 Å². The van der Waals surface area contributed by atoms with Gasteiger partial charge in [0.1, 0.15) is 5.82 Å². The van der Waals surface area contributed by atoms with Crippen LogP contribution in [-0.2, 0) is 14.1 Å². The molecule has 7 nitrogen and oxygen atoms in total. The summed E-state index contributed by atoms with van der Waals surface area (Å²) in [5, 5.41) is 2.56. The zero-order valence-corrected chi connectivity index (χ0v) is 16.5. The van der Waals surface area contributed by atoms with Crippen LogP contribution in [0.3, 0.4) is 0 Å². The molecule has 26 heavy (non-hydrogen) atoms. The normalized spacial score (nSPS) is 11.5. The lowest BCUT2D eigenvalue weighted by Gasteiger charge is -2.21. The molecular weight excluding hydrogens is 383 g/mol. The highest BCUT2D eigenvalue weighted by molar-refractivity contribution is 7.71. The molecule has 10 heteroatoms. The molecular formula is C16H18ClFN4O3S. The SMILES string of the molecule is Cn1c(=S)n(C)c(=O)n(-c2cc(C(=O)NC(C)(C)C)c(Cl)cc2F)c1=O. The van der Waals surface area contributed by atoms with Gasteiger partial charge in [-0.3, -0.25) is 13.9 Å². The number of carbonyl (C=O) groups excluding carboxylic acids is 1. The lowest BCUT2D eigenvalue weighted by atomic mass is 10.1. The zero-order valence-electron chi connectivity index (χ0n) is 14.9. The van der Waals surface area contributed by atoms with Gasteiger partial charge in [0.15, 0.2) is 4.77 Å². The van der Waals surface area contributed by atoms with E-state index in [2.05, 4.69) is 5.32 Å². The third-order valence-electron chi connectivity index (χ3n) is 3.54. The summed E-state index contributed by atoms with van der Waals surface area (Å²) in [5.41, 5.74) is -2.66. The maximum Gasteiger partial charge on any atom is 0.338 e. The lowest BCUT2D eigenvalue weighted by Crippen LogP contribution is -2.44. The standard InChI is InChI=1S/C16H18ClFN4O3S/c1-16(2,3)19-12(23)8-6-11(10(18)7-9(8)17)22-13(24)20(4)15(26)21(5)14(22)25/h6-7H,1-5H3,(H,19,23). The fraction of sp³-hybridized carbons (Fsp3) is 0.375. The molecule has 1 aromatic carbocycles. The number of rotatable bonds is 2. The average Bonchev–Trinajstić information content (AvgIpc) is 2.51. The third-order valence-corrected chi connectivity index (χ3v) is 4.40. The second-order valence-corrected chi connectivity index (χ2v) is 7.56. The summed E-state index contributed by atoms with van der Waals surface area (Å²) >= 11 is 11.0. The van der Waals surface area contributed by atoms with Gasteiger partial charge in [-0.2, -0.15) is 0 Å². The third kappa shape index (κ3) is 3.63. The van der Waals surface area contributed by atoms with E-state index in [1.54, 1.807) is 20.8 Å². The molecule has 0 fully saturated rings. The van der Waals surface area contributed by atoms with Gasteiger partial charge in [-0.1, -0.05) is 11.6 Å². The summed E-state index contributed by atoms with van der Waals surface area (Å²) in [4.78, 5) is 37.3. The summed E-state index contributed by atoms with van der Waals surface area (Å²) in [6.45, 7) is 5.31. The van der Waals surface area contributed by atoms with Crippen LogP contribution in [-0.4, -0.2) is 25.1 Å². The van der Waals surface area contributed by atoms with E-state index in [1.165, 1.54) is 14.1 Å². The van der Waals surface area contributed by atoms with Crippen molar-refractivity contribution in [3.8, 4) is 5.69 Å². The van der Waals surface area contributed by atoms with E-state index >= 15 is 0 Å². The number of aromatic nitrogens is 3. The van der Waals surface area contributed by atoms with Crippen molar-refractivity contribution in [1.29, 1.82) is 0 Å². The maximum atomic E-state index is 14.5. The van der Waals surface area contributed by atoms with E-state index in [0.717, 1.165) is 21.3 Å². The summed E-state index contributed by atoms with van der Waals surface area (Å²) in [6, 6.07) is 1.96. The summed E-state index contributed by atoms with van der Waals surface area (Å²) in [5.74, 6) is -1.48. The van der Waals surface area contributed by atoms with Gasteiger partial charge in [0.2, 0.25) is 0 Å². The largest absolute Gasteiger partial charge is 0.347 e. The highest BCUT2D eigenvalue weighted by Gasteiger charge is 2.22. The highest BCUT2D eigenvalue weighted by atomic mass is 35.5. The fourth-order valence-electron chi connectivity index (χ4n) is 2.27. The van der Waals surface area contributed by atoms with Gasteiger partial charge in [0.05, 0.1) is 16.3 Å². The minimum Gasteiger partial charge on any atom is -0.347 e. The number of amides is 1. The molecule has 140 valence electrons. The Hall–Kier alpha value is -2.26. The lowest BCUT2D eigenvalue weighted by molar-refractivity contribution is 0.0919. The van der Waals surface area contributed by atoms with Gasteiger partial charge in [-0.05, 0) is 45.1 Å². The molecule has 0 radical (unpaired) electrons. The van der Waals surface area contributed by atoms with Crippen molar-refractivity contribution < 1.29 is 9.18 Å². The number of hydrogen-bond donors (Lipinski definition) is 1. The Labute approximate surface area is 158 Å². The van der Waals surface area contributed by atoms with Crippen LogP contribution in [0.4, 0.5) is 4.39 Å². The molecule has 0 bridgehead atoms. The van der Waals surface area contributed by atoms with Crippen LogP contribution < -0.4 is 16.7 Å². The van der Waals surface area contributed by atoms with E-state index in [-0.39, 0.29) is 21.0 Å². The predicted octanol–water partition coefficient (Wildman–Crippen LogP) is 1.92. The molecule has 0 aliphatic carbocycles. The Balaban J connectivity index is 2.80. The molecule has 0 unspecified atom stereocenters. The molecule has 0 aliphatic heterocycles. The number of carbonyl (C=O) groups is 1. The zero-order chi connectivity index (χ0) is 20.0. The minimum absolute atomic E-state index is 0.0173. The first kappa shape index (κ1) is 20.1. The van der Waals surface area contributed by atoms with Crippen molar-refractivity contribution in [3.63, 3.8) is 0 Å². The molecule has 0 atom stereocenters. The van der Waals surface area contributed by atoms with E-state index in [0.29, 0.717) is 4.57 Å². The molecule has 0 saturated heterocycles. The van der Waals surface area contributed by atoms with Crippen LogP contribution in [0.1, 0.15) is 31.1 Å². The Bertz CT molecular complexity index is 1040. The predicted molar refractivity (Wildman–Crippen MR) is 99.3 cm³/mol. The van der Waals surface area contributed by atoms with Gasteiger partial charge in [-0.25, -0.2) is 18.5 Å². The minimum atomic E-state index is -0.918. The molecule has 1 amide bonds. The fourth-order valence-corrected chi connectivity index (χ4v) is 2.66. The van der Waals surface area contributed by atoms with Crippen molar-refractivity contribution >= 4 is 29.7 Å². The first-order valence-electron chi connectivity index (χ1n) is 7.56. The van der Waals surface area contributed by atoms with Gasteiger partial charge < -0.3 is 5.32 Å². The number of hydrogen-bond acceptors (Lipinski definition) is 4. The van der Waals surface area contributed by atoms with Crippen LogP contribution >= 0.6 is 23.8 Å². The molecule has 0 spiro atoms. The quantitative estimate of drug-likeness (QED) is 0.781. The van der Waals surface area contributed by atoms with Crippen LogP contribution in [0.15, 0.2) is 21.7 Å². The highest BCUT2D eigenvalue weighted by Crippen LogP contribution is 2.23. The van der Waals surface area contributed by atoms with Crippen molar-refractivity contribution in [2.45, 2.75) is 26.3 Å².